The van der Waals surface area contributed by atoms with Gasteiger partial charge in [0, 0.05) is 17.9 Å². The molecule has 0 heterocycles. The Morgan fingerprint density at radius 2 is 2.00 bits per heavy atom. The third-order valence-corrected chi connectivity index (χ3v) is 6.63. The number of nitrogens with one attached hydrogen (secondary N) is 1. The maximum absolute atomic E-state index is 12.3. The Balaban J connectivity index is 1.73. The summed E-state index contributed by atoms with van der Waals surface area (Å²) in [6, 6.07) is 0. The van der Waals surface area contributed by atoms with Crippen LogP contribution in [0.2, 0.25) is 0 Å². The van der Waals surface area contributed by atoms with E-state index in [4.69, 9.17) is 5.53 Å². The fourth-order valence-electron chi connectivity index (χ4n) is 5.45. The number of nitrogens with zero attached hydrogens (tertiary/aromatic N) is 1. The Hall–Kier alpha value is -1.80. The maximum Gasteiger partial charge on any atom is 0.411 e. The van der Waals surface area contributed by atoms with Crippen molar-refractivity contribution < 1.29 is 14.4 Å². The van der Waals surface area contributed by atoms with Crippen LogP contribution >= 0.6 is 0 Å². The van der Waals surface area contributed by atoms with Crippen molar-refractivity contribution in [3.05, 3.63) is 23.3 Å². The first-order valence-corrected chi connectivity index (χ1v) is 8.29. The van der Waals surface area contributed by atoms with Crippen LogP contribution in [-0.4, -0.2) is 22.1 Å². The van der Waals surface area contributed by atoms with Gasteiger partial charge in [0.1, 0.15) is 5.78 Å². The van der Waals surface area contributed by atoms with E-state index < -0.39 is 0 Å². The fourth-order valence-corrected chi connectivity index (χ4v) is 5.45. The SMILES string of the molecule is CC12CCC3C4=CC(=[N+]=N)C(=O)C=C4CCC3C1CCC2=O. The molecule has 4 nitrogen and oxygen atoms in total. The first-order valence-electron chi connectivity index (χ1n) is 8.29. The van der Waals surface area contributed by atoms with Gasteiger partial charge in [-0.05, 0) is 67.1 Å². The van der Waals surface area contributed by atoms with E-state index in [2.05, 4.69) is 11.7 Å². The van der Waals surface area contributed by atoms with Crippen molar-refractivity contribution in [2.45, 2.75) is 45.4 Å². The number of hydrogen-bond acceptors (Lipinski definition) is 3. The number of rotatable bonds is 0. The molecule has 0 spiro atoms. The molecule has 3 saturated carbocycles. The molecule has 0 saturated heterocycles. The Kier molecular flexibility index (Phi) is 2.89. The number of carbonyl (C=O) groups excluding carboxylic acids is 2. The molecule has 4 atom stereocenters. The van der Waals surface area contributed by atoms with Crippen LogP contribution in [0.5, 0.6) is 0 Å². The smallest absolute Gasteiger partial charge is 0.299 e. The summed E-state index contributed by atoms with van der Waals surface area (Å²) >= 11 is 0. The second kappa shape index (κ2) is 4.60. The van der Waals surface area contributed by atoms with E-state index in [-0.39, 0.29) is 16.9 Å². The first kappa shape index (κ1) is 13.8. The van der Waals surface area contributed by atoms with E-state index in [0.717, 1.165) is 44.1 Å². The minimum Gasteiger partial charge on any atom is -0.299 e. The predicted octanol–water partition coefficient (Wildman–Crippen LogP) is 2.91. The molecule has 114 valence electrons. The van der Waals surface area contributed by atoms with Crippen molar-refractivity contribution >= 4 is 17.3 Å². The van der Waals surface area contributed by atoms with Gasteiger partial charge in [0.05, 0.1) is 10.3 Å². The molecular formula is C18H21N2O2+. The number of hydrogen-bond donors (Lipinski definition) is 1. The monoisotopic (exact) mass is 297 g/mol. The van der Waals surface area contributed by atoms with Crippen LogP contribution in [-0.2, 0) is 9.59 Å². The standard InChI is InChI=1S/C18H21N2O2/c1-18-7-6-11-12(14(18)4-5-17(18)22)3-2-10-8-16(21)15(20-19)9-13(10)11/h8-9,11-12,14,19H,2-7H2,1H3/q+1. The molecule has 4 rings (SSSR count). The number of allylic oxidation sites excluding steroid dienone is 4. The van der Waals surface area contributed by atoms with Gasteiger partial charge in [0.2, 0.25) is 0 Å². The van der Waals surface area contributed by atoms with Crippen LogP contribution in [0.25, 0.3) is 0 Å². The number of fused-ring (bicyclic) bond motifs is 5. The summed E-state index contributed by atoms with van der Waals surface area (Å²) < 4.78 is 0. The summed E-state index contributed by atoms with van der Waals surface area (Å²) in [7, 11) is 0. The van der Waals surface area contributed by atoms with Crippen LogP contribution in [0.1, 0.15) is 45.4 Å². The van der Waals surface area contributed by atoms with Crippen LogP contribution in [0.3, 0.4) is 0 Å². The second-order valence-electron chi connectivity index (χ2n) is 7.46. The minimum absolute atomic E-state index is 0.111. The normalized spacial score (nSPS) is 40.2. The Bertz CT molecular complexity index is 696. The zero-order valence-corrected chi connectivity index (χ0v) is 12.9. The maximum atomic E-state index is 12.3. The quantitative estimate of drug-likeness (QED) is 0.424. The summed E-state index contributed by atoms with van der Waals surface area (Å²) in [5, 5.41) is 0. The van der Waals surface area contributed by atoms with Crippen molar-refractivity contribution in [1.29, 1.82) is 5.53 Å². The highest BCUT2D eigenvalue weighted by Crippen LogP contribution is 2.59. The largest absolute Gasteiger partial charge is 0.411 e. The third kappa shape index (κ3) is 1.70. The predicted molar refractivity (Wildman–Crippen MR) is 80.4 cm³/mol. The van der Waals surface area contributed by atoms with E-state index in [1.807, 2.05) is 6.08 Å². The van der Waals surface area contributed by atoms with Crippen molar-refractivity contribution in [2.24, 2.45) is 23.2 Å². The van der Waals surface area contributed by atoms with E-state index in [1.165, 1.54) is 5.57 Å². The van der Waals surface area contributed by atoms with E-state index in [9.17, 15) is 9.59 Å². The van der Waals surface area contributed by atoms with Gasteiger partial charge in [-0.3, -0.25) is 9.59 Å². The molecule has 0 amide bonds. The molecule has 0 aromatic rings. The van der Waals surface area contributed by atoms with Crippen molar-refractivity contribution in [2.75, 3.05) is 0 Å². The topological polar surface area (TPSA) is 72.1 Å². The number of carbonyl (C=O) groups is 2. The highest BCUT2D eigenvalue weighted by Gasteiger charge is 2.55. The lowest BCUT2D eigenvalue weighted by Crippen LogP contribution is -2.44. The van der Waals surface area contributed by atoms with Gasteiger partial charge in [-0.15, -0.1) is 0 Å². The molecule has 4 aliphatic carbocycles. The average molecular weight is 297 g/mol. The molecular weight excluding hydrogens is 276 g/mol. The molecule has 0 bridgehead atoms. The molecule has 0 aliphatic heterocycles. The molecule has 0 aromatic heterocycles. The lowest BCUT2D eigenvalue weighted by atomic mass is 9.54. The summed E-state index contributed by atoms with van der Waals surface area (Å²) in [6.07, 6.45) is 9.29. The van der Waals surface area contributed by atoms with Gasteiger partial charge >= 0.3 is 5.71 Å². The van der Waals surface area contributed by atoms with Gasteiger partial charge < -0.3 is 0 Å². The first-order chi connectivity index (χ1) is 10.5. The fraction of sp³-hybridized carbons (Fsp3) is 0.611. The van der Waals surface area contributed by atoms with Gasteiger partial charge in [-0.25, -0.2) is 0 Å². The molecule has 0 radical (unpaired) electrons. The average Bonchev–Trinajstić information content (AvgIpc) is 2.82. The van der Waals surface area contributed by atoms with Crippen LogP contribution in [0, 0.1) is 28.7 Å². The molecule has 4 unspecified atom stereocenters. The zero-order valence-electron chi connectivity index (χ0n) is 12.9. The van der Waals surface area contributed by atoms with Crippen molar-refractivity contribution in [3.8, 4) is 0 Å². The molecule has 1 N–H and O–H groups in total. The van der Waals surface area contributed by atoms with Gasteiger partial charge in [-0.1, -0.05) is 6.92 Å². The van der Waals surface area contributed by atoms with E-state index in [0.29, 0.717) is 23.5 Å². The Labute approximate surface area is 129 Å². The van der Waals surface area contributed by atoms with Crippen molar-refractivity contribution in [3.63, 3.8) is 0 Å². The lowest BCUT2D eigenvalue weighted by Gasteiger charge is -2.49. The second-order valence-corrected chi connectivity index (χ2v) is 7.46. The van der Waals surface area contributed by atoms with Gasteiger partial charge in [-0.2, -0.15) is 0 Å². The lowest BCUT2D eigenvalue weighted by molar-refractivity contribution is -0.133. The molecule has 22 heavy (non-hydrogen) atoms. The third-order valence-electron chi connectivity index (χ3n) is 6.63. The summed E-state index contributed by atoms with van der Waals surface area (Å²) in [5.41, 5.74) is 9.71. The molecule has 4 aliphatic rings. The summed E-state index contributed by atoms with van der Waals surface area (Å²) in [4.78, 5) is 27.6. The summed E-state index contributed by atoms with van der Waals surface area (Å²) in [6.45, 7) is 2.17. The molecule has 0 aromatic carbocycles. The molecule has 3 fully saturated rings. The van der Waals surface area contributed by atoms with Crippen molar-refractivity contribution in [1.82, 2.24) is 0 Å². The summed E-state index contributed by atoms with van der Waals surface area (Å²) in [5.74, 6) is 1.81. The van der Waals surface area contributed by atoms with E-state index >= 15 is 0 Å². The van der Waals surface area contributed by atoms with Crippen LogP contribution < -0.4 is 0 Å². The number of ketones is 2. The highest BCUT2D eigenvalue weighted by molar-refractivity contribution is 6.47. The van der Waals surface area contributed by atoms with Crippen LogP contribution in [0.15, 0.2) is 23.3 Å². The highest BCUT2D eigenvalue weighted by atomic mass is 16.1. The van der Waals surface area contributed by atoms with E-state index in [1.54, 1.807) is 6.08 Å². The molecule has 4 heteroatoms. The van der Waals surface area contributed by atoms with Crippen LogP contribution in [0.4, 0.5) is 0 Å². The minimum atomic E-state index is -0.135. The van der Waals surface area contributed by atoms with Gasteiger partial charge in [0.15, 0.2) is 0 Å². The van der Waals surface area contributed by atoms with Gasteiger partial charge in [0.25, 0.3) is 5.78 Å². The Morgan fingerprint density at radius 1 is 1.18 bits per heavy atom. The Morgan fingerprint density at radius 3 is 2.77 bits per heavy atom. The zero-order chi connectivity index (χ0) is 15.5. The number of Topliss-reactive ketones (excluding diaryl/α,β-unsaturated/α-hetero) is 1.